The second kappa shape index (κ2) is 9.05. The Morgan fingerprint density at radius 3 is 2.33 bits per heavy atom. The lowest BCUT2D eigenvalue weighted by molar-refractivity contribution is -0.179. The van der Waals surface area contributed by atoms with Gasteiger partial charge in [-0.15, -0.1) is 0 Å². The number of rotatable bonds is 5. The van der Waals surface area contributed by atoms with E-state index in [4.69, 9.17) is 10.5 Å². The van der Waals surface area contributed by atoms with Crippen LogP contribution >= 0.6 is 0 Å². The first kappa shape index (κ1) is 25.9. The Bertz CT molecular complexity index is 691. The van der Waals surface area contributed by atoms with Gasteiger partial charge in [-0.3, -0.25) is 0 Å². The van der Waals surface area contributed by atoms with Crippen LogP contribution in [0.25, 0.3) is 0 Å². The molecule has 0 bridgehead atoms. The highest BCUT2D eigenvalue weighted by Crippen LogP contribution is 2.68. The molecule has 12 unspecified atom stereocenters. The Hall–Kier alpha value is -0.160. The zero-order chi connectivity index (χ0) is 24.3. The summed E-state index contributed by atoms with van der Waals surface area (Å²) in [5, 5.41) is 21.8. The molecule has 0 heterocycles. The van der Waals surface area contributed by atoms with Gasteiger partial charge >= 0.3 is 0 Å². The fourth-order valence-electron chi connectivity index (χ4n) is 9.58. The van der Waals surface area contributed by atoms with Crippen molar-refractivity contribution in [1.29, 1.82) is 0 Å². The summed E-state index contributed by atoms with van der Waals surface area (Å²) < 4.78 is 6.18. The van der Waals surface area contributed by atoms with E-state index in [0.717, 1.165) is 38.5 Å². The molecular weight excluding hydrogens is 410 g/mol. The molecule has 0 aromatic rings. The normalized spacial score (nSPS) is 49.6. The molecule has 0 aromatic carbocycles. The predicted octanol–water partition coefficient (Wildman–Crippen LogP) is 5.53. The molecule has 0 aliphatic heterocycles. The van der Waals surface area contributed by atoms with E-state index in [-0.39, 0.29) is 40.8 Å². The summed E-state index contributed by atoms with van der Waals surface area (Å²) in [6.45, 7) is 16.0. The quantitative estimate of drug-likeness (QED) is 0.501. The smallest absolute Gasteiger partial charge is 0.0602 e. The average Bonchev–Trinajstić information content (AvgIpc) is 3.06. The van der Waals surface area contributed by atoms with Gasteiger partial charge in [0.15, 0.2) is 0 Å². The molecule has 0 saturated heterocycles. The van der Waals surface area contributed by atoms with Gasteiger partial charge < -0.3 is 20.7 Å². The monoisotopic (exact) mass is 463 g/mol. The fraction of sp³-hybridized carbons (Fsp3) is 1.00. The summed E-state index contributed by atoms with van der Waals surface area (Å²) in [7, 11) is 0. The van der Waals surface area contributed by atoms with Crippen LogP contribution in [-0.2, 0) is 4.74 Å². The second-order valence-electron chi connectivity index (χ2n) is 14.2. The topological polar surface area (TPSA) is 75.7 Å². The highest BCUT2D eigenvalue weighted by molar-refractivity contribution is 5.15. The van der Waals surface area contributed by atoms with Crippen molar-refractivity contribution in [3.05, 3.63) is 0 Å². The first-order valence-corrected chi connectivity index (χ1v) is 14.1. The SMILES string of the molecule is CC(CCC(C)C1CCC2C3C(O)CC4CC(O)CCC4(C)C3CC(N)C12C)OC(C)(C)C. The minimum atomic E-state index is -0.232. The van der Waals surface area contributed by atoms with Crippen molar-refractivity contribution in [1.82, 2.24) is 0 Å². The molecule has 33 heavy (non-hydrogen) atoms. The molecule has 4 rings (SSSR count). The average molecular weight is 464 g/mol. The van der Waals surface area contributed by atoms with Crippen LogP contribution in [0.2, 0.25) is 0 Å². The van der Waals surface area contributed by atoms with E-state index < -0.39 is 0 Å². The first-order chi connectivity index (χ1) is 15.3. The van der Waals surface area contributed by atoms with E-state index in [0.29, 0.717) is 35.5 Å². The largest absolute Gasteiger partial charge is 0.393 e. The van der Waals surface area contributed by atoms with Gasteiger partial charge in [0.1, 0.15) is 0 Å². The van der Waals surface area contributed by atoms with Gasteiger partial charge in [0.25, 0.3) is 0 Å². The third kappa shape index (κ3) is 4.56. The summed E-state index contributed by atoms with van der Waals surface area (Å²) in [5.74, 6) is 3.11. The maximum Gasteiger partial charge on any atom is 0.0602 e. The van der Waals surface area contributed by atoms with Crippen molar-refractivity contribution in [2.24, 2.45) is 52.1 Å². The molecule has 4 heteroatoms. The van der Waals surface area contributed by atoms with Gasteiger partial charge in [0.2, 0.25) is 0 Å². The van der Waals surface area contributed by atoms with Gasteiger partial charge in [0, 0.05) is 6.04 Å². The zero-order valence-electron chi connectivity index (χ0n) is 22.5. The molecule has 0 amide bonds. The number of hydrogen-bond donors (Lipinski definition) is 3. The number of fused-ring (bicyclic) bond motifs is 5. The van der Waals surface area contributed by atoms with Crippen LogP contribution in [0.3, 0.4) is 0 Å². The van der Waals surface area contributed by atoms with Crippen LogP contribution < -0.4 is 5.73 Å². The second-order valence-corrected chi connectivity index (χ2v) is 14.2. The predicted molar refractivity (Wildman–Crippen MR) is 135 cm³/mol. The van der Waals surface area contributed by atoms with Gasteiger partial charge in [-0.2, -0.15) is 0 Å². The molecule has 0 radical (unpaired) electrons. The van der Waals surface area contributed by atoms with E-state index in [1.165, 1.54) is 19.3 Å². The van der Waals surface area contributed by atoms with Crippen LogP contribution in [0, 0.1) is 46.3 Å². The van der Waals surface area contributed by atoms with Crippen molar-refractivity contribution in [2.45, 2.75) is 136 Å². The van der Waals surface area contributed by atoms with Crippen LogP contribution in [-0.4, -0.2) is 40.2 Å². The van der Waals surface area contributed by atoms with E-state index >= 15 is 0 Å². The van der Waals surface area contributed by atoms with Crippen molar-refractivity contribution < 1.29 is 14.9 Å². The lowest BCUT2D eigenvalue weighted by atomic mass is 9.42. The van der Waals surface area contributed by atoms with Gasteiger partial charge in [-0.1, -0.05) is 20.8 Å². The van der Waals surface area contributed by atoms with E-state index in [1.54, 1.807) is 0 Å². The minimum Gasteiger partial charge on any atom is -0.393 e. The van der Waals surface area contributed by atoms with Gasteiger partial charge in [-0.25, -0.2) is 0 Å². The summed E-state index contributed by atoms with van der Waals surface area (Å²) in [6, 6.07) is 0.205. The van der Waals surface area contributed by atoms with Gasteiger partial charge in [-0.05, 0) is 132 Å². The van der Waals surface area contributed by atoms with Crippen molar-refractivity contribution in [3.63, 3.8) is 0 Å². The molecule has 4 N–H and O–H groups in total. The zero-order valence-corrected chi connectivity index (χ0v) is 22.5. The molecule has 4 fully saturated rings. The summed E-state index contributed by atoms with van der Waals surface area (Å²) in [5.41, 5.74) is 7.38. The Morgan fingerprint density at radius 2 is 1.67 bits per heavy atom. The molecular formula is C29H53NO3. The molecule has 0 spiro atoms. The minimum absolute atomic E-state index is 0.0892. The maximum absolute atomic E-state index is 11.5. The molecule has 4 aliphatic rings. The van der Waals surface area contributed by atoms with E-state index in [2.05, 4.69) is 48.5 Å². The third-order valence-electron chi connectivity index (χ3n) is 11.2. The van der Waals surface area contributed by atoms with Crippen molar-refractivity contribution in [3.8, 4) is 0 Å². The summed E-state index contributed by atoms with van der Waals surface area (Å²) in [6.07, 6.45) is 9.40. The highest BCUT2D eigenvalue weighted by Gasteiger charge is 2.65. The molecule has 0 aromatic heterocycles. The standard InChI is InChI=1S/C29H53NO3/c1-17(8-9-18(2)33-27(3,4)5)21-10-11-22-26-23(16-25(30)29(21,22)7)28(6)13-12-20(31)14-19(28)15-24(26)32/h17-26,31-32H,8-16,30H2,1-7H3. The summed E-state index contributed by atoms with van der Waals surface area (Å²) >= 11 is 0. The molecule has 12 atom stereocenters. The number of aliphatic hydroxyl groups is 2. The van der Waals surface area contributed by atoms with E-state index in [9.17, 15) is 10.2 Å². The van der Waals surface area contributed by atoms with Gasteiger partial charge in [0.05, 0.1) is 23.9 Å². The fourth-order valence-corrected chi connectivity index (χ4v) is 9.58. The number of nitrogens with two attached hydrogens (primary N) is 1. The number of hydrogen-bond acceptors (Lipinski definition) is 4. The molecule has 4 aliphatic carbocycles. The first-order valence-electron chi connectivity index (χ1n) is 14.1. The van der Waals surface area contributed by atoms with Crippen LogP contribution in [0.5, 0.6) is 0 Å². The van der Waals surface area contributed by atoms with Crippen molar-refractivity contribution in [2.75, 3.05) is 0 Å². The Labute approximate surface area is 203 Å². The van der Waals surface area contributed by atoms with Crippen LogP contribution in [0.15, 0.2) is 0 Å². The third-order valence-corrected chi connectivity index (χ3v) is 11.2. The highest BCUT2D eigenvalue weighted by atomic mass is 16.5. The summed E-state index contributed by atoms with van der Waals surface area (Å²) in [4.78, 5) is 0. The lowest BCUT2D eigenvalue weighted by Gasteiger charge is -2.64. The molecule has 4 saturated carbocycles. The van der Waals surface area contributed by atoms with Crippen molar-refractivity contribution >= 4 is 0 Å². The van der Waals surface area contributed by atoms with Crippen LogP contribution in [0.1, 0.15) is 106 Å². The molecule has 4 nitrogen and oxygen atoms in total. The van der Waals surface area contributed by atoms with Crippen LogP contribution in [0.4, 0.5) is 0 Å². The Morgan fingerprint density at radius 1 is 0.970 bits per heavy atom. The maximum atomic E-state index is 11.5. The molecule has 192 valence electrons. The van der Waals surface area contributed by atoms with E-state index in [1.807, 2.05) is 0 Å². The lowest BCUT2D eigenvalue weighted by Crippen LogP contribution is -2.64. The number of ether oxygens (including phenoxy) is 1. The Kier molecular flexibility index (Phi) is 7.11. The Balaban J connectivity index is 1.50. The number of aliphatic hydroxyl groups excluding tert-OH is 2.